The molecule has 0 saturated carbocycles. The monoisotopic (exact) mass is 110 g/mol. The second-order valence-corrected chi connectivity index (χ2v) is 1.89. The molecule has 0 N–H and O–H groups in total. The molecular formula is C8H14. The van der Waals surface area contributed by atoms with E-state index in [0.717, 1.165) is 12.8 Å². The molecular weight excluding hydrogens is 96.1 g/mol. The fourth-order valence-corrected chi connectivity index (χ4v) is 0.378. The third kappa shape index (κ3) is 3.70. The summed E-state index contributed by atoms with van der Waals surface area (Å²) in [5.41, 5.74) is 4.51. The van der Waals surface area contributed by atoms with Gasteiger partial charge in [0.2, 0.25) is 0 Å². The zero-order valence-corrected chi connectivity index (χ0v) is 5.99. The minimum absolute atomic E-state index is 1.09. The predicted molar refractivity (Wildman–Crippen MR) is 37.9 cm³/mol. The number of hydrogen-bond acceptors (Lipinski definition) is 0. The second kappa shape index (κ2) is 4.67. The Morgan fingerprint density at radius 1 is 1.50 bits per heavy atom. The molecule has 0 amide bonds. The summed E-state index contributed by atoms with van der Waals surface area (Å²) in [5.74, 6) is 0. The first-order valence-corrected chi connectivity index (χ1v) is 3.21. The lowest BCUT2D eigenvalue weighted by atomic mass is 10.2. The molecule has 0 atom stereocenters. The van der Waals surface area contributed by atoms with Crippen LogP contribution in [0.3, 0.4) is 0 Å². The van der Waals surface area contributed by atoms with Gasteiger partial charge in [0.1, 0.15) is 0 Å². The van der Waals surface area contributed by atoms with E-state index in [4.69, 9.17) is 0 Å². The van der Waals surface area contributed by atoms with Gasteiger partial charge in [0.25, 0.3) is 0 Å². The minimum atomic E-state index is 1.09. The smallest absolute Gasteiger partial charge is 0.0275 e. The Morgan fingerprint density at radius 3 is 2.50 bits per heavy atom. The highest BCUT2D eigenvalue weighted by Gasteiger charge is 1.74. The van der Waals surface area contributed by atoms with Gasteiger partial charge in [0, 0.05) is 0 Å². The van der Waals surface area contributed by atoms with Crippen molar-refractivity contribution in [3.05, 3.63) is 17.4 Å². The van der Waals surface area contributed by atoms with Crippen molar-refractivity contribution in [2.75, 3.05) is 0 Å². The molecule has 0 saturated heterocycles. The molecule has 0 aromatic heterocycles. The molecule has 0 aliphatic carbocycles. The van der Waals surface area contributed by atoms with E-state index in [9.17, 15) is 0 Å². The van der Waals surface area contributed by atoms with Crippen molar-refractivity contribution < 1.29 is 0 Å². The van der Waals surface area contributed by atoms with Crippen LogP contribution in [-0.2, 0) is 0 Å². The summed E-state index contributed by atoms with van der Waals surface area (Å²) in [6, 6.07) is 0. The van der Waals surface area contributed by atoms with Gasteiger partial charge in [-0.2, -0.15) is 0 Å². The molecule has 0 rings (SSSR count). The van der Waals surface area contributed by atoms with Crippen molar-refractivity contribution in [3.63, 3.8) is 0 Å². The fraction of sp³-hybridized carbons (Fsp3) is 0.625. The van der Waals surface area contributed by atoms with E-state index in [1.165, 1.54) is 5.57 Å². The van der Waals surface area contributed by atoms with Crippen LogP contribution >= 0.6 is 0 Å². The maximum absolute atomic E-state index is 3.17. The minimum Gasteiger partial charge on any atom is -0.126 e. The Balaban J connectivity index is 3.72. The van der Waals surface area contributed by atoms with Gasteiger partial charge in [0.15, 0.2) is 0 Å². The fourth-order valence-electron chi connectivity index (χ4n) is 0.378. The molecule has 0 unspecified atom stereocenters. The first-order valence-electron chi connectivity index (χ1n) is 3.21. The largest absolute Gasteiger partial charge is 0.126 e. The first-order chi connectivity index (χ1) is 3.81. The number of hydrogen-bond donors (Lipinski definition) is 0. The molecule has 0 spiro atoms. The Bertz CT molecular complexity index is 103. The van der Waals surface area contributed by atoms with Crippen LogP contribution in [0, 0.1) is 0 Å². The van der Waals surface area contributed by atoms with Crippen LogP contribution < -0.4 is 0 Å². The molecule has 0 fully saturated rings. The summed E-state index contributed by atoms with van der Waals surface area (Å²) in [6.07, 6.45) is 4.28. The summed E-state index contributed by atoms with van der Waals surface area (Å²) in [6.45, 7) is 6.37. The normalized spacial score (nSPS) is 7.88. The van der Waals surface area contributed by atoms with Gasteiger partial charge in [-0.25, -0.2) is 0 Å². The van der Waals surface area contributed by atoms with Crippen LogP contribution in [0.5, 0.6) is 0 Å². The SMILES string of the molecule is CCC=C=C(C)CC. The predicted octanol–water partition coefficient (Wildman–Crippen LogP) is 2.91. The summed E-state index contributed by atoms with van der Waals surface area (Å²) < 4.78 is 0. The third-order valence-corrected chi connectivity index (χ3v) is 1.08. The number of allylic oxidation sites excluding steroid dienone is 1. The molecule has 8 heavy (non-hydrogen) atoms. The van der Waals surface area contributed by atoms with Gasteiger partial charge in [-0.1, -0.05) is 13.8 Å². The van der Waals surface area contributed by atoms with Crippen molar-refractivity contribution in [2.45, 2.75) is 33.6 Å². The van der Waals surface area contributed by atoms with Gasteiger partial charge in [-0.15, -0.1) is 5.73 Å². The van der Waals surface area contributed by atoms with E-state index < -0.39 is 0 Å². The van der Waals surface area contributed by atoms with Crippen molar-refractivity contribution in [1.82, 2.24) is 0 Å². The van der Waals surface area contributed by atoms with Gasteiger partial charge >= 0.3 is 0 Å². The van der Waals surface area contributed by atoms with Crippen molar-refractivity contribution in [1.29, 1.82) is 0 Å². The summed E-state index contributed by atoms with van der Waals surface area (Å²) in [5, 5.41) is 0. The molecule has 0 heterocycles. The lowest BCUT2D eigenvalue weighted by molar-refractivity contribution is 1.10. The number of rotatable bonds is 2. The quantitative estimate of drug-likeness (QED) is 0.479. The van der Waals surface area contributed by atoms with Crippen LogP contribution in [0.4, 0.5) is 0 Å². The van der Waals surface area contributed by atoms with Crippen molar-refractivity contribution in [2.24, 2.45) is 0 Å². The van der Waals surface area contributed by atoms with Gasteiger partial charge in [0.05, 0.1) is 0 Å². The summed E-state index contributed by atoms with van der Waals surface area (Å²) in [7, 11) is 0. The molecule has 0 aromatic carbocycles. The lowest BCUT2D eigenvalue weighted by Crippen LogP contribution is -1.63. The van der Waals surface area contributed by atoms with E-state index >= 15 is 0 Å². The van der Waals surface area contributed by atoms with E-state index in [1.807, 2.05) is 0 Å². The van der Waals surface area contributed by atoms with Crippen LogP contribution in [-0.4, -0.2) is 0 Å². The highest BCUT2D eigenvalue weighted by atomic mass is 13.8. The molecule has 0 aliphatic heterocycles. The van der Waals surface area contributed by atoms with Gasteiger partial charge in [-0.05, 0) is 31.4 Å². The summed E-state index contributed by atoms with van der Waals surface area (Å²) in [4.78, 5) is 0. The molecule has 0 bridgehead atoms. The topological polar surface area (TPSA) is 0 Å². The zero-order chi connectivity index (χ0) is 6.41. The molecule has 0 nitrogen and oxygen atoms in total. The van der Waals surface area contributed by atoms with E-state index in [0.29, 0.717) is 0 Å². The van der Waals surface area contributed by atoms with E-state index in [1.54, 1.807) is 0 Å². The highest BCUT2D eigenvalue weighted by Crippen LogP contribution is 1.93. The van der Waals surface area contributed by atoms with Gasteiger partial charge in [-0.3, -0.25) is 0 Å². The van der Waals surface area contributed by atoms with Crippen LogP contribution in [0.15, 0.2) is 17.4 Å². The van der Waals surface area contributed by atoms with Crippen LogP contribution in [0.2, 0.25) is 0 Å². The van der Waals surface area contributed by atoms with Crippen molar-refractivity contribution in [3.8, 4) is 0 Å². The average Bonchev–Trinajstić information content (AvgIpc) is 1.83. The Labute approximate surface area is 51.9 Å². The lowest BCUT2D eigenvalue weighted by Gasteiger charge is -1.82. The highest BCUT2D eigenvalue weighted by molar-refractivity contribution is 4.96. The van der Waals surface area contributed by atoms with Crippen LogP contribution in [0.25, 0.3) is 0 Å². The second-order valence-electron chi connectivity index (χ2n) is 1.89. The maximum Gasteiger partial charge on any atom is -0.0275 e. The van der Waals surface area contributed by atoms with Gasteiger partial charge < -0.3 is 0 Å². The van der Waals surface area contributed by atoms with E-state index in [-0.39, 0.29) is 0 Å². The zero-order valence-electron chi connectivity index (χ0n) is 5.99. The Morgan fingerprint density at radius 2 is 2.12 bits per heavy atom. The molecule has 46 valence electrons. The Kier molecular flexibility index (Phi) is 4.39. The van der Waals surface area contributed by atoms with E-state index in [2.05, 4.69) is 32.6 Å². The molecule has 0 aromatic rings. The molecule has 0 heteroatoms. The molecule has 0 radical (unpaired) electrons. The standard InChI is InChI=1S/C8H14/c1-4-6-7-8(3)5-2/h6H,4-5H2,1-3H3. The van der Waals surface area contributed by atoms with Crippen molar-refractivity contribution >= 4 is 0 Å². The third-order valence-electron chi connectivity index (χ3n) is 1.08. The summed E-state index contributed by atoms with van der Waals surface area (Å²) >= 11 is 0. The average molecular weight is 110 g/mol. The molecule has 0 aliphatic rings. The first kappa shape index (κ1) is 7.52. The Hall–Kier alpha value is -0.480. The van der Waals surface area contributed by atoms with Crippen LogP contribution in [0.1, 0.15) is 33.6 Å². The maximum atomic E-state index is 3.17.